The van der Waals surface area contributed by atoms with Crippen LogP contribution in [0.3, 0.4) is 0 Å². The van der Waals surface area contributed by atoms with Gasteiger partial charge in [-0.1, -0.05) is 6.07 Å². The van der Waals surface area contributed by atoms with Crippen LogP contribution >= 0.6 is 0 Å². The van der Waals surface area contributed by atoms with Crippen molar-refractivity contribution < 1.29 is 0 Å². The Balaban J connectivity index is 1.74. The molecule has 6 nitrogen and oxygen atoms in total. The minimum Gasteiger partial charge on any atom is -0.364 e. The Bertz CT molecular complexity index is 608. The Morgan fingerprint density at radius 1 is 1.20 bits per heavy atom. The van der Waals surface area contributed by atoms with Gasteiger partial charge >= 0.3 is 0 Å². The summed E-state index contributed by atoms with van der Waals surface area (Å²) < 4.78 is 0. The van der Waals surface area contributed by atoms with Crippen LogP contribution in [-0.2, 0) is 6.54 Å². The molecule has 0 saturated heterocycles. The molecule has 1 aliphatic carbocycles. The smallest absolute Gasteiger partial charge is 0.145 e. The Hall–Kier alpha value is -2.21. The number of aryl methyl sites for hydroxylation is 1. The fraction of sp³-hybridized carbons (Fsp3) is 0.357. The molecule has 20 heavy (non-hydrogen) atoms. The van der Waals surface area contributed by atoms with Gasteiger partial charge in [0, 0.05) is 17.7 Å². The quantitative estimate of drug-likeness (QED) is 0.568. The summed E-state index contributed by atoms with van der Waals surface area (Å²) in [6.07, 6.45) is 2.32. The lowest BCUT2D eigenvalue weighted by Crippen LogP contribution is -2.12. The molecule has 2 aromatic rings. The number of hydrogen-bond acceptors (Lipinski definition) is 6. The fourth-order valence-corrected chi connectivity index (χ4v) is 2.03. The van der Waals surface area contributed by atoms with Crippen LogP contribution < -0.4 is 16.6 Å². The minimum absolute atomic E-state index is 0.487. The molecule has 6 heteroatoms. The first-order chi connectivity index (χ1) is 9.74. The van der Waals surface area contributed by atoms with Gasteiger partial charge in [0.1, 0.15) is 17.5 Å². The van der Waals surface area contributed by atoms with Crippen molar-refractivity contribution >= 4 is 11.6 Å². The molecule has 0 spiro atoms. The van der Waals surface area contributed by atoms with E-state index in [0.29, 0.717) is 18.3 Å². The molecule has 0 aliphatic heterocycles. The standard InChI is InChI=1S/C14H18N6/c1-9-3-2-4-11(17-9)8-16-12-7-13(20-15)19-14(18-12)10-5-6-10/h2-4,7,10H,5-6,8,15H2,1H3,(H2,16,18,19,20). The molecular formula is C14H18N6. The molecule has 1 saturated carbocycles. The Labute approximate surface area is 117 Å². The lowest BCUT2D eigenvalue weighted by atomic mass is 10.3. The molecule has 1 fully saturated rings. The lowest BCUT2D eigenvalue weighted by Gasteiger charge is -2.09. The van der Waals surface area contributed by atoms with Gasteiger partial charge in [-0.25, -0.2) is 15.8 Å². The second-order valence-corrected chi connectivity index (χ2v) is 5.04. The maximum absolute atomic E-state index is 5.45. The van der Waals surface area contributed by atoms with Gasteiger partial charge in [0.15, 0.2) is 0 Å². The molecule has 0 unspecified atom stereocenters. The molecule has 0 aromatic carbocycles. The van der Waals surface area contributed by atoms with Gasteiger partial charge in [-0.15, -0.1) is 0 Å². The van der Waals surface area contributed by atoms with Crippen LogP contribution in [-0.4, -0.2) is 15.0 Å². The molecule has 2 heterocycles. The van der Waals surface area contributed by atoms with Crippen LogP contribution in [0.4, 0.5) is 11.6 Å². The normalized spacial score (nSPS) is 14.1. The van der Waals surface area contributed by atoms with E-state index in [1.54, 1.807) is 0 Å². The zero-order valence-corrected chi connectivity index (χ0v) is 11.4. The number of rotatable bonds is 5. The molecule has 2 aromatic heterocycles. The highest BCUT2D eigenvalue weighted by atomic mass is 15.3. The van der Waals surface area contributed by atoms with Gasteiger partial charge < -0.3 is 10.7 Å². The lowest BCUT2D eigenvalue weighted by molar-refractivity contribution is 0.914. The van der Waals surface area contributed by atoms with Crippen LogP contribution in [0.5, 0.6) is 0 Å². The largest absolute Gasteiger partial charge is 0.364 e. The number of nitrogen functional groups attached to an aromatic ring is 1. The monoisotopic (exact) mass is 270 g/mol. The molecule has 0 atom stereocenters. The number of nitrogens with two attached hydrogens (primary N) is 1. The first kappa shape index (κ1) is 12.8. The van der Waals surface area contributed by atoms with E-state index in [2.05, 4.69) is 25.7 Å². The van der Waals surface area contributed by atoms with Crippen LogP contribution in [0, 0.1) is 6.92 Å². The van der Waals surface area contributed by atoms with Gasteiger partial charge in [-0.05, 0) is 31.9 Å². The van der Waals surface area contributed by atoms with Crippen molar-refractivity contribution in [3.05, 3.63) is 41.5 Å². The summed E-state index contributed by atoms with van der Waals surface area (Å²) in [7, 11) is 0. The van der Waals surface area contributed by atoms with Crippen molar-refractivity contribution in [2.45, 2.75) is 32.2 Å². The number of pyridine rings is 1. The third kappa shape index (κ3) is 3.03. The van der Waals surface area contributed by atoms with E-state index in [9.17, 15) is 0 Å². The molecule has 0 amide bonds. The molecule has 104 valence electrons. The molecular weight excluding hydrogens is 252 g/mol. The summed E-state index contributed by atoms with van der Waals surface area (Å²) in [6.45, 7) is 2.61. The highest BCUT2D eigenvalue weighted by molar-refractivity contribution is 5.47. The van der Waals surface area contributed by atoms with E-state index in [4.69, 9.17) is 5.84 Å². The average Bonchev–Trinajstić information content (AvgIpc) is 3.29. The van der Waals surface area contributed by atoms with Crippen molar-refractivity contribution in [1.82, 2.24) is 15.0 Å². The summed E-state index contributed by atoms with van der Waals surface area (Å²) >= 11 is 0. The van der Waals surface area contributed by atoms with E-state index < -0.39 is 0 Å². The Morgan fingerprint density at radius 2 is 2.00 bits per heavy atom. The van der Waals surface area contributed by atoms with Crippen LogP contribution in [0.15, 0.2) is 24.3 Å². The van der Waals surface area contributed by atoms with E-state index >= 15 is 0 Å². The molecule has 4 N–H and O–H groups in total. The van der Waals surface area contributed by atoms with E-state index in [-0.39, 0.29) is 0 Å². The number of nitrogens with one attached hydrogen (secondary N) is 2. The first-order valence-electron chi connectivity index (χ1n) is 6.76. The first-order valence-corrected chi connectivity index (χ1v) is 6.76. The SMILES string of the molecule is Cc1cccc(CNc2cc(NN)nc(C3CC3)n2)n1. The second-order valence-electron chi connectivity index (χ2n) is 5.04. The van der Waals surface area contributed by atoms with Gasteiger partial charge in [-0.2, -0.15) is 0 Å². The highest BCUT2D eigenvalue weighted by Crippen LogP contribution is 2.38. The zero-order valence-electron chi connectivity index (χ0n) is 11.4. The van der Waals surface area contributed by atoms with Crippen LogP contribution in [0.1, 0.15) is 36.0 Å². The van der Waals surface area contributed by atoms with Gasteiger partial charge in [-0.3, -0.25) is 4.98 Å². The fourth-order valence-electron chi connectivity index (χ4n) is 2.03. The van der Waals surface area contributed by atoms with Crippen molar-refractivity contribution in [2.24, 2.45) is 5.84 Å². The summed E-state index contributed by atoms with van der Waals surface area (Å²) in [5.74, 6) is 8.22. The number of anilines is 2. The number of hydrazine groups is 1. The average molecular weight is 270 g/mol. The molecule has 0 radical (unpaired) electrons. The summed E-state index contributed by atoms with van der Waals surface area (Å²) in [5, 5.41) is 3.28. The second kappa shape index (κ2) is 5.42. The molecule has 1 aliphatic rings. The Morgan fingerprint density at radius 3 is 2.70 bits per heavy atom. The molecule has 0 bridgehead atoms. The number of nitrogens with zero attached hydrogens (tertiary/aromatic N) is 3. The predicted molar refractivity (Wildman–Crippen MR) is 78.1 cm³/mol. The summed E-state index contributed by atoms with van der Waals surface area (Å²) in [6, 6.07) is 7.78. The highest BCUT2D eigenvalue weighted by Gasteiger charge is 2.27. The van der Waals surface area contributed by atoms with E-state index in [1.807, 2.05) is 31.2 Å². The minimum atomic E-state index is 0.487. The van der Waals surface area contributed by atoms with Crippen molar-refractivity contribution in [3.63, 3.8) is 0 Å². The van der Waals surface area contributed by atoms with Crippen molar-refractivity contribution in [2.75, 3.05) is 10.7 Å². The number of aromatic nitrogens is 3. The van der Waals surface area contributed by atoms with Crippen LogP contribution in [0.25, 0.3) is 0 Å². The van der Waals surface area contributed by atoms with Gasteiger partial charge in [0.25, 0.3) is 0 Å². The van der Waals surface area contributed by atoms with Gasteiger partial charge in [0.2, 0.25) is 0 Å². The zero-order chi connectivity index (χ0) is 13.9. The van der Waals surface area contributed by atoms with Crippen molar-refractivity contribution in [3.8, 4) is 0 Å². The third-order valence-corrected chi connectivity index (χ3v) is 3.23. The predicted octanol–water partition coefficient (Wildman–Crippen LogP) is 1.96. The van der Waals surface area contributed by atoms with Crippen LogP contribution in [0.2, 0.25) is 0 Å². The van der Waals surface area contributed by atoms with E-state index in [1.165, 1.54) is 0 Å². The topological polar surface area (TPSA) is 88.8 Å². The summed E-state index contributed by atoms with van der Waals surface area (Å²) in [4.78, 5) is 13.4. The number of hydrogen-bond donors (Lipinski definition) is 3. The van der Waals surface area contributed by atoms with E-state index in [0.717, 1.165) is 35.9 Å². The summed E-state index contributed by atoms with van der Waals surface area (Å²) in [5.41, 5.74) is 4.59. The molecule has 3 rings (SSSR count). The maximum Gasteiger partial charge on any atom is 0.145 e. The Kier molecular flexibility index (Phi) is 3.47. The maximum atomic E-state index is 5.45. The third-order valence-electron chi connectivity index (χ3n) is 3.23. The van der Waals surface area contributed by atoms with Gasteiger partial charge in [0.05, 0.1) is 12.2 Å². The van der Waals surface area contributed by atoms with Crippen molar-refractivity contribution in [1.29, 1.82) is 0 Å².